The van der Waals surface area contributed by atoms with Crippen molar-refractivity contribution >= 4 is 22.1 Å². The molecule has 1 unspecified atom stereocenters. The van der Waals surface area contributed by atoms with Crippen molar-refractivity contribution in [2.75, 3.05) is 0 Å². The molecule has 0 heterocycles. The van der Waals surface area contributed by atoms with Gasteiger partial charge in [-0.05, 0) is 24.7 Å². The molecule has 0 aliphatic carbocycles. The summed E-state index contributed by atoms with van der Waals surface area (Å²) >= 11 is 0. The summed E-state index contributed by atoms with van der Waals surface area (Å²) in [5.41, 5.74) is -2.19. The molecule has 0 rings (SSSR count). The van der Waals surface area contributed by atoms with E-state index in [1.807, 2.05) is 0 Å². The number of carbonyl (C=O) groups excluding carboxylic acids is 2. The van der Waals surface area contributed by atoms with Gasteiger partial charge in [0.15, 0.2) is 0 Å². The summed E-state index contributed by atoms with van der Waals surface area (Å²) in [5, 5.41) is 21.2. The van der Waals surface area contributed by atoms with Crippen LogP contribution in [0.4, 0.5) is 0 Å². The van der Waals surface area contributed by atoms with E-state index in [4.69, 9.17) is 0 Å². The van der Waals surface area contributed by atoms with Crippen LogP contribution in [0.1, 0.15) is 118 Å². The first-order valence-electron chi connectivity index (χ1n) is 12.2. The predicted molar refractivity (Wildman–Crippen MR) is 122 cm³/mol. The smallest absolute Gasteiger partial charge is 0.549 e. The minimum atomic E-state index is -5.17. The van der Waals surface area contributed by atoms with Gasteiger partial charge >= 0.3 is 59.1 Å². The number of aliphatic carboxylic acids is 2. The Kier molecular flexibility index (Phi) is 24.1. The van der Waals surface area contributed by atoms with Gasteiger partial charge < -0.3 is 19.8 Å². The van der Waals surface area contributed by atoms with Crippen molar-refractivity contribution in [3.63, 3.8) is 0 Å². The number of carboxylic acid groups (broad SMARTS) is 2. The average Bonchev–Trinajstić information content (AvgIpc) is 2.63. The van der Waals surface area contributed by atoms with Crippen LogP contribution in [0.25, 0.3) is 0 Å². The Hall–Kier alpha value is 0.850. The zero-order chi connectivity index (χ0) is 24.8. The van der Waals surface area contributed by atoms with E-state index in [9.17, 15) is 32.8 Å². The summed E-state index contributed by atoms with van der Waals surface area (Å²) in [6.07, 6.45) is 9.68. The molecule has 190 valence electrons. The molecule has 1 atom stereocenters. The van der Waals surface area contributed by atoms with E-state index in [1.54, 1.807) is 0 Å². The molecule has 0 aromatic heterocycles. The van der Waals surface area contributed by atoms with E-state index in [-0.39, 0.29) is 72.0 Å². The topological polar surface area (TPSA) is 135 Å². The van der Waals surface area contributed by atoms with Crippen LogP contribution in [0.5, 0.6) is 0 Å². The summed E-state index contributed by atoms with van der Waals surface area (Å²) < 4.78 is 33.2. The number of carbonyl (C=O) groups is 2. The summed E-state index contributed by atoms with van der Waals surface area (Å²) in [5.74, 6) is -2.61. The van der Waals surface area contributed by atoms with Gasteiger partial charge in [-0.1, -0.05) is 105 Å². The predicted octanol–water partition coefficient (Wildman–Crippen LogP) is -2.49. The van der Waals surface area contributed by atoms with Crippen molar-refractivity contribution < 1.29 is 91.9 Å². The molecule has 7 nitrogen and oxygen atoms in total. The molecule has 0 saturated carbocycles. The summed E-state index contributed by atoms with van der Waals surface area (Å²) in [7, 11) is -5.17. The molecule has 10 heteroatoms. The quantitative estimate of drug-likeness (QED) is 0.106. The molecule has 34 heavy (non-hydrogen) atoms. The number of hydrogen-bond acceptors (Lipinski definition) is 6. The molecule has 0 aromatic rings. The average molecular weight is 523 g/mol. The Balaban J connectivity index is -0.00000480. The third-order valence-corrected chi connectivity index (χ3v) is 7.47. The van der Waals surface area contributed by atoms with Crippen molar-refractivity contribution in [3.05, 3.63) is 0 Å². The van der Waals surface area contributed by atoms with Gasteiger partial charge in [-0.2, -0.15) is 8.42 Å². The third kappa shape index (κ3) is 16.6. The van der Waals surface area contributed by atoms with Gasteiger partial charge in [0.25, 0.3) is 10.1 Å². The van der Waals surface area contributed by atoms with Gasteiger partial charge in [0.05, 0.1) is 5.97 Å². The molecular formula is C24H44Na2O7S. The van der Waals surface area contributed by atoms with Crippen molar-refractivity contribution in [2.24, 2.45) is 17.3 Å². The van der Waals surface area contributed by atoms with Crippen LogP contribution < -0.4 is 69.3 Å². The Morgan fingerprint density at radius 1 is 0.706 bits per heavy atom. The van der Waals surface area contributed by atoms with Crippen LogP contribution >= 0.6 is 0 Å². The van der Waals surface area contributed by atoms with Crippen LogP contribution in [0.3, 0.4) is 0 Å². The van der Waals surface area contributed by atoms with E-state index in [0.717, 1.165) is 51.4 Å². The van der Waals surface area contributed by atoms with Gasteiger partial charge in [0.2, 0.25) is 0 Å². The van der Waals surface area contributed by atoms with Gasteiger partial charge in [-0.25, -0.2) is 0 Å². The SMILES string of the molecule is CC(C)CCCCCCCC(CCCCCCCC(C)C)(C(=O)[O-])C(C(=O)[O-])S(=O)(=O)O.[Na+].[Na+]. The third-order valence-electron chi connectivity index (χ3n) is 6.23. The molecule has 0 aliphatic heterocycles. The summed E-state index contributed by atoms with van der Waals surface area (Å²) in [6.45, 7) is 8.59. The second-order valence-corrected chi connectivity index (χ2v) is 11.6. The van der Waals surface area contributed by atoms with Crippen LogP contribution in [-0.4, -0.2) is 30.2 Å². The molecule has 0 amide bonds. The fraction of sp³-hybridized carbons (Fsp3) is 0.917. The van der Waals surface area contributed by atoms with Crippen molar-refractivity contribution in [1.82, 2.24) is 0 Å². The minimum Gasteiger partial charge on any atom is -0.549 e. The molecular weight excluding hydrogens is 478 g/mol. The fourth-order valence-corrected chi connectivity index (χ4v) is 5.52. The molecule has 0 aromatic carbocycles. The number of carboxylic acids is 2. The largest absolute Gasteiger partial charge is 1.00 e. The maximum absolute atomic E-state index is 12.1. The zero-order valence-corrected chi connectivity index (χ0v) is 27.3. The molecule has 0 saturated heterocycles. The summed E-state index contributed by atoms with van der Waals surface area (Å²) in [6, 6.07) is 0. The van der Waals surface area contributed by atoms with Gasteiger partial charge in [-0.3, -0.25) is 4.55 Å². The standard InChI is InChI=1S/C24H46O7S.2Na/c1-19(2)15-11-7-5-9-13-17-24(23(27)28,21(22(25)26)32(29,30)31)18-14-10-6-8-12-16-20(3)4;;/h19-21H,5-18H2,1-4H3,(H,25,26)(H,27,28)(H,29,30,31);;/q;2*+1/p-2. The van der Waals surface area contributed by atoms with Gasteiger partial charge in [-0.15, -0.1) is 0 Å². The van der Waals surface area contributed by atoms with E-state index in [2.05, 4.69) is 27.7 Å². The molecule has 0 aliphatic rings. The number of rotatable bonds is 20. The Labute approximate surface area is 251 Å². The molecule has 0 bridgehead atoms. The first-order chi connectivity index (χ1) is 14.8. The fourth-order valence-electron chi connectivity index (χ4n) is 4.38. The zero-order valence-electron chi connectivity index (χ0n) is 22.4. The van der Waals surface area contributed by atoms with Crippen LogP contribution in [0.2, 0.25) is 0 Å². The number of hydrogen-bond donors (Lipinski definition) is 1. The van der Waals surface area contributed by atoms with Crippen LogP contribution in [0, 0.1) is 17.3 Å². The molecule has 0 radical (unpaired) electrons. The molecule has 0 fully saturated rings. The minimum absolute atomic E-state index is 0. The van der Waals surface area contributed by atoms with Crippen LogP contribution in [-0.2, 0) is 19.7 Å². The van der Waals surface area contributed by atoms with E-state index >= 15 is 0 Å². The van der Waals surface area contributed by atoms with E-state index < -0.39 is 32.7 Å². The van der Waals surface area contributed by atoms with Crippen LogP contribution in [0.15, 0.2) is 0 Å². The van der Waals surface area contributed by atoms with Crippen molar-refractivity contribution in [1.29, 1.82) is 0 Å². The van der Waals surface area contributed by atoms with E-state index in [1.165, 1.54) is 0 Å². The second kappa shape index (κ2) is 20.9. The van der Waals surface area contributed by atoms with Crippen molar-refractivity contribution in [2.45, 2.75) is 123 Å². The first-order valence-corrected chi connectivity index (χ1v) is 13.7. The Morgan fingerprint density at radius 3 is 1.29 bits per heavy atom. The normalized spacial score (nSPS) is 12.8. The number of unbranched alkanes of at least 4 members (excludes halogenated alkanes) is 8. The van der Waals surface area contributed by atoms with Gasteiger partial charge in [0, 0.05) is 11.4 Å². The second-order valence-electron chi connectivity index (χ2n) is 10.1. The Morgan fingerprint density at radius 2 is 1.03 bits per heavy atom. The van der Waals surface area contributed by atoms with E-state index in [0.29, 0.717) is 37.5 Å². The molecule has 0 spiro atoms. The Bertz CT molecular complexity index is 630. The van der Waals surface area contributed by atoms with Crippen molar-refractivity contribution in [3.8, 4) is 0 Å². The maximum atomic E-state index is 12.1. The maximum Gasteiger partial charge on any atom is 1.00 e. The first kappa shape index (κ1) is 39.4. The monoisotopic (exact) mass is 522 g/mol. The summed E-state index contributed by atoms with van der Waals surface area (Å²) in [4.78, 5) is 23.8. The van der Waals surface area contributed by atoms with Gasteiger partial charge in [0.1, 0.15) is 5.25 Å². The molecule has 1 N–H and O–H groups in total.